The zero-order valence-electron chi connectivity index (χ0n) is 11.5. The number of hydrogen-bond acceptors (Lipinski definition) is 5. The van der Waals surface area contributed by atoms with E-state index in [1.807, 2.05) is 24.3 Å². The molecule has 0 unspecified atom stereocenters. The van der Waals surface area contributed by atoms with Crippen LogP contribution in [0.25, 0.3) is 0 Å². The van der Waals surface area contributed by atoms with Crippen molar-refractivity contribution in [2.75, 3.05) is 13.7 Å². The summed E-state index contributed by atoms with van der Waals surface area (Å²) in [4.78, 5) is 15.7. The van der Waals surface area contributed by atoms with Gasteiger partial charge in [0.2, 0.25) is 11.8 Å². The number of hydrogen-bond donors (Lipinski definition) is 1. The second-order valence-corrected chi connectivity index (χ2v) is 4.32. The fourth-order valence-electron chi connectivity index (χ4n) is 1.87. The van der Waals surface area contributed by atoms with Gasteiger partial charge in [0.25, 0.3) is 0 Å². The van der Waals surface area contributed by atoms with E-state index in [9.17, 15) is 4.79 Å². The molecule has 0 fully saturated rings. The highest BCUT2D eigenvalue weighted by Gasteiger charge is 2.09. The van der Waals surface area contributed by atoms with Crippen LogP contribution in [-0.2, 0) is 17.6 Å². The number of nitrogens with zero attached hydrogens (tertiary/aromatic N) is 2. The molecule has 6 nitrogen and oxygen atoms in total. The molecule has 1 aromatic heterocycles. The lowest BCUT2D eigenvalue weighted by Crippen LogP contribution is -2.27. The predicted molar refractivity (Wildman–Crippen MR) is 72.4 cm³/mol. The normalized spacial score (nSPS) is 10.3. The van der Waals surface area contributed by atoms with Gasteiger partial charge in [-0.05, 0) is 18.1 Å². The van der Waals surface area contributed by atoms with Crippen LogP contribution < -0.4 is 10.1 Å². The van der Waals surface area contributed by atoms with Crippen molar-refractivity contribution in [3.8, 4) is 5.75 Å². The first-order valence-corrected chi connectivity index (χ1v) is 6.37. The first kappa shape index (κ1) is 14.0. The fourth-order valence-corrected chi connectivity index (χ4v) is 1.87. The average molecular weight is 275 g/mol. The summed E-state index contributed by atoms with van der Waals surface area (Å²) >= 11 is 0. The van der Waals surface area contributed by atoms with Gasteiger partial charge in [0.05, 0.1) is 13.5 Å². The molecule has 0 aliphatic heterocycles. The number of benzene rings is 1. The van der Waals surface area contributed by atoms with Crippen molar-refractivity contribution >= 4 is 5.91 Å². The van der Waals surface area contributed by atoms with E-state index in [-0.39, 0.29) is 12.3 Å². The highest BCUT2D eigenvalue weighted by atomic mass is 16.5. The molecule has 1 N–H and O–H groups in total. The van der Waals surface area contributed by atoms with E-state index in [1.165, 1.54) is 0 Å². The Bertz CT molecular complexity index is 581. The molecule has 0 aliphatic carbocycles. The Kier molecular flexibility index (Phi) is 4.70. The summed E-state index contributed by atoms with van der Waals surface area (Å²) in [5.41, 5.74) is 1.06. The van der Waals surface area contributed by atoms with Crippen LogP contribution in [-0.4, -0.2) is 29.7 Å². The third-order valence-corrected chi connectivity index (χ3v) is 2.80. The summed E-state index contributed by atoms with van der Waals surface area (Å²) in [6.45, 7) is 2.23. The van der Waals surface area contributed by atoms with Crippen molar-refractivity contribution < 1.29 is 14.1 Å². The zero-order valence-corrected chi connectivity index (χ0v) is 11.5. The van der Waals surface area contributed by atoms with Crippen LogP contribution in [0.2, 0.25) is 0 Å². The third-order valence-electron chi connectivity index (χ3n) is 2.80. The van der Waals surface area contributed by atoms with E-state index in [1.54, 1.807) is 14.0 Å². The number of aryl methyl sites for hydroxylation is 1. The molecule has 2 aromatic rings. The van der Waals surface area contributed by atoms with Crippen molar-refractivity contribution in [2.24, 2.45) is 0 Å². The van der Waals surface area contributed by atoms with Crippen molar-refractivity contribution in [1.29, 1.82) is 0 Å². The smallest absolute Gasteiger partial charge is 0.227 e. The predicted octanol–water partition coefficient (Wildman–Crippen LogP) is 1.29. The molecule has 6 heteroatoms. The molecule has 1 aromatic carbocycles. The van der Waals surface area contributed by atoms with Crippen LogP contribution in [0.5, 0.6) is 5.75 Å². The molecule has 0 aliphatic rings. The van der Waals surface area contributed by atoms with Gasteiger partial charge in [0.15, 0.2) is 5.82 Å². The number of ether oxygens (including phenoxy) is 1. The van der Waals surface area contributed by atoms with Crippen molar-refractivity contribution in [3.05, 3.63) is 41.5 Å². The lowest BCUT2D eigenvalue weighted by molar-refractivity contribution is -0.120. The van der Waals surface area contributed by atoms with E-state index >= 15 is 0 Å². The molecule has 0 spiro atoms. The van der Waals surface area contributed by atoms with Crippen LogP contribution in [0.3, 0.4) is 0 Å². The number of rotatable bonds is 6. The molecule has 0 atom stereocenters. The lowest BCUT2D eigenvalue weighted by atomic mass is 10.1. The maximum atomic E-state index is 11.7. The minimum atomic E-state index is -0.124. The highest BCUT2D eigenvalue weighted by Crippen LogP contribution is 2.17. The Hall–Kier alpha value is -2.37. The number of para-hydroxylation sites is 1. The zero-order chi connectivity index (χ0) is 14.4. The Labute approximate surface area is 117 Å². The maximum absolute atomic E-state index is 11.7. The number of methoxy groups -OCH3 is 1. The van der Waals surface area contributed by atoms with Gasteiger partial charge in [-0.3, -0.25) is 4.79 Å². The number of amides is 1. The van der Waals surface area contributed by atoms with E-state index in [0.717, 1.165) is 11.3 Å². The van der Waals surface area contributed by atoms with Gasteiger partial charge in [-0.15, -0.1) is 0 Å². The van der Waals surface area contributed by atoms with Crippen LogP contribution in [0.15, 0.2) is 28.8 Å². The van der Waals surface area contributed by atoms with Gasteiger partial charge in [-0.1, -0.05) is 23.4 Å². The summed E-state index contributed by atoms with van der Waals surface area (Å²) in [6, 6.07) is 7.74. The first-order chi connectivity index (χ1) is 9.69. The second-order valence-electron chi connectivity index (χ2n) is 4.32. The number of aromatic nitrogens is 2. The van der Waals surface area contributed by atoms with E-state index in [4.69, 9.17) is 9.26 Å². The maximum Gasteiger partial charge on any atom is 0.227 e. The largest absolute Gasteiger partial charge is 0.496 e. The van der Waals surface area contributed by atoms with Gasteiger partial charge in [-0.25, -0.2) is 0 Å². The summed E-state index contributed by atoms with van der Waals surface area (Å²) in [6.07, 6.45) is 0.838. The van der Waals surface area contributed by atoms with Gasteiger partial charge in [0.1, 0.15) is 5.75 Å². The summed E-state index contributed by atoms with van der Waals surface area (Å²) in [5, 5.41) is 6.51. The van der Waals surface area contributed by atoms with Crippen LogP contribution in [0.1, 0.15) is 17.3 Å². The Morgan fingerprint density at radius 2 is 2.20 bits per heavy atom. The molecular weight excluding hydrogens is 258 g/mol. The molecule has 20 heavy (non-hydrogen) atoms. The van der Waals surface area contributed by atoms with Gasteiger partial charge < -0.3 is 14.6 Å². The molecule has 0 saturated carbocycles. The molecular formula is C14H17N3O3. The Balaban J connectivity index is 1.79. The van der Waals surface area contributed by atoms with Crippen LogP contribution in [0, 0.1) is 6.92 Å². The summed E-state index contributed by atoms with van der Waals surface area (Å²) in [7, 11) is 1.63. The highest BCUT2D eigenvalue weighted by molar-refractivity contribution is 5.77. The topological polar surface area (TPSA) is 77.2 Å². The minimum Gasteiger partial charge on any atom is -0.496 e. The third kappa shape index (κ3) is 3.81. The molecule has 1 heterocycles. The Morgan fingerprint density at radius 1 is 1.40 bits per heavy atom. The summed E-state index contributed by atoms with van der Waals surface area (Å²) < 4.78 is 10.1. The average Bonchev–Trinajstić information content (AvgIpc) is 2.84. The van der Waals surface area contributed by atoms with Crippen LogP contribution >= 0.6 is 0 Å². The van der Waals surface area contributed by atoms with Gasteiger partial charge >= 0.3 is 0 Å². The summed E-state index contributed by atoms with van der Waals surface area (Å²) in [5.74, 6) is 1.57. The molecule has 0 saturated heterocycles. The molecule has 106 valence electrons. The van der Waals surface area contributed by atoms with Gasteiger partial charge in [-0.2, -0.15) is 4.98 Å². The number of nitrogens with one attached hydrogen (secondary N) is 1. The monoisotopic (exact) mass is 275 g/mol. The van der Waals surface area contributed by atoms with Gasteiger partial charge in [0, 0.05) is 13.5 Å². The standard InChI is InChI=1S/C14H17N3O3/c1-10-16-13(17-20-10)9-14(18)15-8-7-11-5-3-4-6-12(11)19-2/h3-6H,7-9H2,1-2H3,(H,15,18). The van der Waals surface area contributed by atoms with Crippen molar-refractivity contribution in [3.63, 3.8) is 0 Å². The fraction of sp³-hybridized carbons (Fsp3) is 0.357. The molecule has 0 bridgehead atoms. The van der Waals surface area contributed by atoms with Crippen LogP contribution in [0.4, 0.5) is 0 Å². The minimum absolute atomic E-state index is 0.124. The second kappa shape index (κ2) is 6.70. The quantitative estimate of drug-likeness (QED) is 0.859. The Morgan fingerprint density at radius 3 is 2.90 bits per heavy atom. The van der Waals surface area contributed by atoms with E-state index in [2.05, 4.69) is 15.5 Å². The first-order valence-electron chi connectivity index (χ1n) is 6.37. The SMILES string of the molecule is COc1ccccc1CCNC(=O)Cc1noc(C)n1. The molecule has 2 rings (SSSR count). The van der Waals surface area contributed by atoms with E-state index in [0.29, 0.717) is 24.7 Å². The molecule has 1 amide bonds. The van der Waals surface area contributed by atoms with Crippen molar-refractivity contribution in [1.82, 2.24) is 15.5 Å². The van der Waals surface area contributed by atoms with E-state index < -0.39 is 0 Å². The lowest BCUT2D eigenvalue weighted by Gasteiger charge is -2.08. The number of carbonyl (C=O) groups is 1. The molecule has 0 radical (unpaired) electrons. The van der Waals surface area contributed by atoms with Crippen molar-refractivity contribution in [2.45, 2.75) is 19.8 Å². The number of carbonyl (C=O) groups excluding carboxylic acids is 1.